The number of nitrogens with two attached hydrogens (primary N) is 1. The molecule has 0 unspecified atom stereocenters. The van der Waals surface area contributed by atoms with Crippen molar-refractivity contribution in [3.05, 3.63) is 29.5 Å². The van der Waals surface area contributed by atoms with E-state index in [1.807, 2.05) is 12.1 Å². The second kappa shape index (κ2) is 4.18. The molecule has 0 fully saturated rings. The molecule has 5 heteroatoms. The molecule has 2 heterocycles. The molecule has 0 saturated carbocycles. The minimum Gasteiger partial charge on any atom is -0.493 e. The van der Waals surface area contributed by atoms with Crippen LogP contribution in [-0.4, -0.2) is 23.5 Å². The zero-order valence-corrected chi connectivity index (χ0v) is 9.35. The van der Waals surface area contributed by atoms with Crippen molar-refractivity contribution in [3.63, 3.8) is 0 Å². The largest absolute Gasteiger partial charge is 0.493 e. The summed E-state index contributed by atoms with van der Waals surface area (Å²) >= 11 is 0. The maximum Gasteiger partial charge on any atom is 0.138 e. The van der Waals surface area contributed by atoms with Crippen LogP contribution in [-0.2, 0) is 12.8 Å². The van der Waals surface area contributed by atoms with Crippen molar-refractivity contribution >= 4 is 0 Å². The van der Waals surface area contributed by atoms with Crippen LogP contribution < -0.4 is 10.5 Å². The minimum absolute atomic E-state index is 0.530. The minimum atomic E-state index is 0.530. The highest BCUT2D eigenvalue weighted by Gasteiger charge is 2.16. The summed E-state index contributed by atoms with van der Waals surface area (Å²) in [4.78, 5) is 0. The molecule has 0 aliphatic carbocycles. The fraction of sp³-hybridized carbons (Fsp3) is 0.333. The zero-order valence-electron chi connectivity index (χ0n) is 9.35. The zero-order chi connectivity index (χ0) is 11.7. The quantitative estimate of drug-likeness (QED) is 0.858. The van der Waals surface area contributed by atoms with E-state index >= 15 is 0 Å². The van der Waals surface area contributed by atoms with Crippen LogP contribution in [0.25, 0.3) is 11.3 Å². The summed E-state index contributed by atoms with van der Waals surface area (Å²) in [6.45, 7) is 1.29. The normalized spacial score (nSPS) is 13.5. The van der Waals surface area contributed by atoms with Gasteiger partial charge in [0.2, 0.25) is 0 Å². The van der Waals surface area contributed by atoms with E-state index in [0.29, 0.717) is 13.0 Å². The number of hydrogen-bond acceptors (Lipinski definition) is 5. The van der Waals surface area contributed by atoms with Crippen LogP contribution in [0.5, 0.6) is 5.75 Å². The van der Waals surface area contributed by atoms with E-state index in [9.17, 15) is 0 Å². The van der Waals surface area contributed by atoms with Crippen molar-refractivity contribution in [2.24, 2.45) is 5.73 Å². The van der Waals surface area contributed by atoms with Gasteiger partial charge in [0.25, 0.3) is 0 Å². The molecule has 1 aliphatic heterocycles. The third-order valence-electron chi connectivity index (χ3n) is 2.91. The summed E-state index contributed by atoms with van der Waals surface area (Å²) in [5, 5.41) is 7.80. The highest BCUT2D eigenvalue weighted by atomic mass is 16.6. The third kappa shape index (κ3) is 1.78. The molecule has 5 nitrogen and oxygen atoms in total. The highest BCUT2D eigenvalue weighted by Crippen LogP contribution is 2.31. The topological polar surface area (TPSA) is 74.2 Å². The molecular formula is C12H13N3O2. The van der Waals surface area contributed by atoms with Gasteiger partial charge in [0, 0.05) is 18.4 Å². The van der Waals surface area contributed by atoms with E-state index in [-0.39, 0.29) is 0 Å². The van der Waals surface area contributed by atoms with Crippen molar-refractivity contribution in [1.29, 1.82) is 0 Å². The first-order valence-electron chi connectivity index (χ1n) is 5.66. The van der Waals surface area contributed by atoms with Gasteiger partial charge in [-0.3, -0.25) is 0 Å². The summed E-state index contributed by atoms with van der Waals surface area (Å²) < 4.78 is 10.3. The van der Waals surface area contributed by atoms with Gasteiger partial charge in [-0.1, -0.05) is 17.3 Å². The van der Waals surface area contributed by atoms with Crippen LogP contribution >= 0.6 is 0 Å². The third-order valence-corrected chi connectivity index (χ3v) is 2.91. The maximum absolute atomic E-state index is 5.53. The maximum atomic E-state index is 5.53. The Morgan fingerprint density at radius 1 is 1.29 bits per heavy atom. The second-order valence-electron chi connectivity index (χ2n) is 4.02. The van der Waals surface area contributed by atoms with E-state index in [4.69, 9.17) is 15.1 Å². The number of ether oxygens (including phenoxy) is 1. The molecule has 0 saturated heterocycles. The monoisotopic (exact) mass is 231 g/mol. The number of benzene rings is 1. The lowest BCUT2D eigenvalue weighted by molar-refractivity contribution is 0.304. The van der Waals surface area contributed by atoms with Crippen molar-refractivity contribution in [1.82, 2.24) is 10.3 Å². The Balaban J connectivity index is 2.00. The fourth-order valence-corrected chi connectivity index (χ4v) is 2.04. The number of nitrogens with zero attached hydrogens (tertiary/aromatic N) is 2. The second-order valence-corrected chi connectivity index (χ2v) is 4.02. The van der Waals surface area contributed by atoms with Gasteiger partial charge in [0.1, 0.15) is 17.1 Å². The Labute approximate surface area is 98.5 Å². The van der Waals surface area contributed by atoms with Crippen LogP contribution in [0.15, 0.2) is 22.8 Å². The van der Waals surface area contributed by atoms with Gasteiger partial charge in [-0.05, 0) is 23.3 Å². The molecule has 0 amide bonds. The molecule has 2 N–H and O–H groups in total. The standard InChI is InChI=1S/C12H13N3O2/c13-5-3-10-12(15-17-14-10)9-2-1-8-4-6-16-11(8)7-9/h1-2,7H,3-6,13H2. The SMILES string of the molecule is NCCc1nonc1-c1ccc2c(c1)OCC2. The van der Waals surface area contributed by atoms with Gasteiger partial charge in [-0.2, -0.15) is 0 Å². The first kappa shape index (κ1) is 10.3. The summed E-state index contributed by atoms with van der Waals surface area (Å²) in [6.07, 6.45) is 1.64. The lowest BCUT2D eigenvalue weighted by atomic mass is 10.1. The van der Waals surface area contributed by atoms with Crippen LogP contribution in [0, 0.1) is 0 Å². The first-order valence-corrected chi connectivity index (χ1v) is 5.66. The summed E-state index contributed by atoms with van der Waals surface area (Å²) in [5.41, 5.74) is 9.29. The molecule has 1 aromatic carbocycles. The van der Waals surface area contributed by atoms with Crippen molar-refractivity contribution in [2.45, 2.75) is 12.8 Å². The molecule has 1 aromatic heterocycles. The van der Waals surface area contributed by atoms with Crippen LogP contribution in [0.4, 0.5) is 0 Å². The smallest absolute Gasteiger partial charge is 0.138 e. The Morgan fingerprint density at radius 2 is 2.24 bits per heavy atom. The van der Waals surface area contributed by atoms with Gasteiger partial charge in [0.05, 0.1) is 6.61 Å². The van der Waals surface area contributed by atoms with Crippen molar-refractivity contribution in [3.8, 4) is 17.0 Å². The average molecular weight is 231 g/mol. The molecule has 0 radical (unpaired) electrons. The Hall–Kier alpha value is -1.88. The molecule has 3 rings (SSSR count). The first-order chi connectivity index (χ1) is 8.38. The number of fused-ring (bicyclic) bond motifs is 1. The summed E-state index contributed by atoms with van der Waals surface area (Å²) in [5.74, 6) is 0.934. The van der Waals surface area contributed by atoms with Crippen molar-refractivity contribution in [2.75, 3.05) is 13.2 Å². The van der Waals surface area contributed by atoms with Crippen LogP contribution in [0.1, 0.15) is 11.3 Å². The van der Waals surface area contributed by atoms with Crippen LogP contribution in [0.2, 0.25) is 0 Å². The molecule has 17 heavy (non-hydrogen) atoms. The summed E-state index contributed by atoms with van der Waals surface area (Å²) in [6, 6.07) is 6.08. The molecule has 1 aliphatic rings. The predicted molar refractivity (Wildman–Crippen MR) is 61.7 cm³/mol. The molecule has 88 valence electrons. The van der Waals surface area contributed by atoms with E-state index in [2.05, 4.69) is 16.4 Å². The van der Waals surface area contributed by atoms with Gasteiger partial charge in [-0.15, -0.1) is 0 Å². The fourth-order valence-electron chi connectivity index (χ4n) is 2.04. The highest BCUT2D eigenvalue weighted by molar-refractivity contribution is 5.64. The number of hydrogen-bond donors (Lipinski definition) is 1. The average Bonchev–Trinajstić information content (AvgIpc) is 2.96. The molecule has 0 atom stereocenters. The lowest BCUT2D eigenvalue weighted by Crippen LogP contribution is -2.04. The Bertz CT molecular complexity index is 536. The molecule has 2 aromatic rings. The van der Waals surface area contributed by atoms with Gasteiger partial charge < -0.3 is 10.5 Å². The molecule has 0 bridgehead atoms. The van der Waals surface area contributed by atoms with Crippen molar-refractivity contribution < 1.29 is 9.37 Å². The number of aromatic nitrogens is 2. The van der Waals surface area contributed by atoms with Gasteiger partial charge >= 0.3 is 0 Å². The van der Waals surface area contributed by atoms with Gasteiger partial charge in [0.15, 0.2) is 0 Å². The lowest BCUT2D eigenvalue weighted by Gasteiger charge is -2.02. The van der Waals surface area contributed by atoms with Crippen LogP contribution in [0.3, 0.4) is 0 Å². The van der Waals surface area contributed by atoms with E-state index in [0.717, 1.165) is 35.7 Å². The molecule has 0 spiro atoms. The Kier molecular flexibility index (Phi) is 2.53. The van der Waals surface area contributed by atoms with E-state index < -0.39 is 0 Å². The van der Waals surface area contributed by atoms with E-state index in [1.165, 1.54) is 5.56 Å². The predicted octanol–water partition coefficient (Wildman–Crippen LogP) is 1.17. The molecular weight excluding hydrogens is 218 g/mol. The Morgan fingerprint density at radius 3 is 3.12 bits per heavy atom. The van der Waals surface area contributed by atoms with E-state index in [1.54, 1.807) is 0 Å². The summed E-state index contributed by atoms with van der Waals surface area (Å²) in [7, 11) is 0. The number of rotatable bonds is 3. The van der Waals surface area contributed by atoms with Gasteiger partial charge in [-0.25, -0.2) is 4.63 Å².